The van der Waals surface area contributed by atoms with Crippen molar-refractivity contribution in [1.82, 2.24) is 4.90 Å². The highest BCUT2D eigenvalue weighted by Gasteiger charge is 2.36. The number of nitrogens with zero attached hydrogens (tertiary/aromatic N) is 2. The summed E-state index contributed by atoms with van der Waals surface area (Å²) in [6.45, 7) is 5.13. The Balaban J connectivity index is 2.60. The molecular formula is C12H20N2O2. The third kappa shape index (κ3) is 2.53. The van der Waals surface area contributed by atoms with Crippen molar-refractivity contribution in [2.75, 3.05) is 20.2 Å². The molecule has 1 heterocycles. The number of likely N-dealkylation sites (tertiary alicyclic amines) is 1. The maximum absolute atomic E-state index is 12.2. The molecule has 1 aliphatic heterocycles. The van der Waals surface area contributed by atoms with Crippen LogP contribution in [0.15, 0.2) is 0 Å². The first kappa shape index (κ1) is 13.0. The number of methoxy groups -OCH3 is 1. The number of piperidine rings is 1. The van der Waals surface area contributed by atoms with Crippen molar-refractivity contribution in [3.05, 3.63) is 0 Å². The van der Waals surface area contributed by atoms with Gasteiger partial charge in [-0.3, -0.25) is 4.79 Å². The predicted octanol–water partition coefficient (Wildman–Crippen LogP) is 1.56. The molecule has 0 aromatic heterocycles. The van der Waals surface area contributed by atoms with Gasteiger partial charge in [-0.15, -0.1) is 0 Å². The van der Waals surface area contributed by atoms with Crippen LogP contribution in [0.2, 0.25) is 0 Å². The van der Waals surface area contributed by atoms with Crippen LogP contribution in [0.25, 0.3) is 0 Å². The monoisotopic (exact) mass is 224 g/mol. The molecule has 0 radical (unpaired) electrons. The largest absolute Gasteiger partial charge is 0.369 e. The average Bonchev–Trinajstić information content (AvgIpc) is 2.37. The quantitative estimate of drug-likeness (QED) is 0.731. The van der Waals surface area contributed by atoms with Gasteiger partial charge < -0.3 is 9.64 Å². The molecule has 0 aromatic carbocycles. The van der Waals surface area contributed by atoms with E-state index in [-0.39, 0.29) is 11.8 Å². The van der Waals surface area contributed by atoms with Gasteiger partial charge in [-0.2, -0.15) is 5.26 Å². The number of hydrogen-bond donors (Lipinski definition) is 0. The van der Waals surface area contributed by atoms with Gasteiger partial charge in [0.05, 0.1) is 6.07 Å². The molecule has 1 amide bonds. The maximum atomic E-state index is 12.2. The molecule has 4 heteroatoms. The van der Waals surface area contributed by atoms with Crippen LogP contribution in [0.5, 0.6) is 0 Å². The lowest BCUT2D eigenvalue weighted by Crippen LogP contribution is -2.50. The zero-order chi connectivity index (χ0) is 12.2. The van der Waals surface area contributed by atoms with E-state index in [1.54, 1.807) is 7.11 Å². The Morgan fingerprint density at radius 3 is 2.50 bits per heavy atom. The number of carbonyl (C=O) groups is 1. The van der Waals surface area contributed by atoms with Crippen LogP contribution >= 0.6 is 0 Å². The molecule has 1 aliphatic rings. The second-order valence-corrected chi connectivity index (χ2v) is 4.48. The molecule has 0 aliphatic carbocycles. The van der Waals surface area contributed by atoms with Gasteiger partial charge in [-0.25, -0.2) is 0 Å². The lowest BCUT2D eigenvalue weighted by atomic mass is 9.95. The topological polar surface area (TPSA) is 53.3 Å². The normalized spacial score (nSPS) is 21.2. The average molecular weight is 224 g/mol. The zero-order valence-corrected chi connectivity index (χ0v) is 10.3. The van der Waals surface area contributed by atoms with Gasteiger partial charge in [0.15, 0.2) is 0 Å². The van der Waals surface area contributed by atoms with Gasteiger partial charge >= 0.3 is 0 Å². The van der Waals surface area contributed by atoms with Crippen LogP contribution in [0, 0.1) is 17.2 Å². The Kier molecular flexibility index (Phi) is 4.31. The van der Waals surface area contributed by atoms with Crippen LogP contribution in [0.1, 0.15) is 33.1 Å². The SMILES string of the molecule is CCC(C)(OC)C(=O)N1CCC(C#N)CC1. The summed E-state index contributed by atoms with van der Waals surface area (Å²) in [5.74, 6) is 0.161. The van der Waals surface area contributed by atoms with E-state index in [9.17, 15) is 4.79 Å². The summed E-state index contributed by atoms with van der Waals surface area (Å²) in [7, 11) is 1.57. The highest BCUT2D eigenvalue weighted by molar-refractivity contribution is 5.84. The van der Waals surface area contributed by atoms with Crippen molar-refractivity contribution in [1.29, 1.82) is 5.26 Å². The molecule has 0 aromatic rings. The summed E-state index contributed by atoms with van der Waals surface area (Å²) < 4.78 is 5.30. The molecule has 16 heavy (non-hydrogen) atoms. The first-order valence-corrected chi connectivity index (χ1v) is 5.81. The minimum Gasteiger partial charge on any atom is -0.369 e. The fraction of sp³-hybridized carbons (Fsp3) is 0.833. The summed E-state index contributed by atoms with van der Waals surface area (Å²) in [5, 5.41) is 8.79. The molecule has 0 N–H and O–H groups in total. The van der Waals surface area contributed by atoms with Crippen LogP contribution in [0.3, 0.4) is 0 Å². The summed E-state index contributed by atoms with van der Waals surface area (Å²) in [6, 6.07) is 2.26. The summed E-state index contributed by atoms with van der Waals surface area (Å²) >= 11 is 0. The van der Waals surface area contributed by atoms with Gasteiger partial charge in [-0.05, 0) is 26.2 Å². The molecule has 1 unspecified atom stereocenters. The van der Waals surface area contributed by atoms with Crippen molar-refractivity contribution in [2.24, 2.45) is 5.92 Å². The number of ether oxygens (including phenoxy) is 1. The van der Waals surface area contributed by atoms with Crippen LogP contribution in [-0.4, -0.2) is 36.6 Å². The summed E-state index contributed by atoms with van der Waals surface area (Å²) in [4.78, 5) is 14.0. The lowest BCUT2D eigenvalue weighted by molar-refractivity contribution is -0.154. The number of hydrogen-bond acceptors (Lipinski definition) is 3. The highest BCUT2D eigenvalue weighted by atomic mass is 16.5. The standard InChI is InChI=1S/C12H20N2O2/c1-4-12(2,16-3)11(15)14-7-5-10(9-13)6-8-14/h10H,4-8H2,1-3H3. The summed E-state index contributed by atoms with van der Waals surface area (Å²) in [6.07, 6.45) is 2.23. The number of amides is 1. The van der Waals surface area contributed by atoms with Crippen molar-refractivity contribution in [2.45, 2.75) is 38.7 Å². The molecule has 4 nitrogen and oxygen atoms in total. The van der Waals surface area contributed by atoms with E-state index in [1.165, 1.54) is 0 Å². The number of rotatable bonds is 3. The van der Waals surface area contributed by atoms with Gasteiger partial charge in [-0.1, -0.05) is 6.92 Å². The molecule has 1 fully saturated rings. The molecule has 0 bridgehead atoms. The number of carbonyl (C=O) groups excluding carboxylic acids is 1. The van der Waals surface area contributed by atoms with Gasteiger partial charge in [0.1, 0.15) is 5.60 Å². The fourth-order valence-corrected chi connectivity index (χ4v) is 1.93. The van der Waals surface area contributed by atoms with Crippen molar-refractivity contribution in [3.8, 4) is 6.07 Å². The van der Waals surface area contributed by atoms with E-state index < -0.39 is 5.60 Å². The number of nitriles is 1. The van der Waals surface area contributed by atoms with E-state index >= 15 is 0 Å². The third-order valence-electron chi connectivity index (χ3n) is 3.54. The van der Waals surface area contributed by atoms with Crippen LogP contribution in [-0.2, 0) is 9.53 Å². The van der Waals surface area contributed by atoms with Gasteiger partial charge in [0, 0.05) is 26.1 Å². The van der Waals surface area contributed by atoms with E-state index in [4.69, 9.17) is 10.00 Å². The predicted molar refractivity (Wildman–Crippen MR) is 60.6 cm³/mol. The first-order chi connectivity index (χ1) is 7.57. The second kappa shape index (κ2) is 5.31. The highest BCUT2D eigenvalue weighted by Crippen LogP contribution is 2.22. The van der Waals surface area contributed by atoms with E-state index in [2.05, 4.69) is 6.07 Å². The lowest BCUT2D eigenvalue weighted by Gasteiger charge is -2.36. The Morgan fingerprint density at radius 1 is 1.56 bits per heavy atom. The fourth-order valence-electron chi connectivity index (χ4n) is 1.93. The Morgan fingerprint density at radius 2 is 2.12 bits per heavy atom. The third-order valence-corrected chi connectivity index (χ3v) is 3.54. The minimum atomic E-state index is -0.709. The van der Waals surface area contributed by atoms with Crippen molar-refractivity contribution < 1.29 is 9.53 Å². The Labute approximate surface area is 97.2 Å². The van der Waals surface area contributed by atoms with E-state index in [0.29, 0.717) is 19.5 Å². The van der Waals surface area contributed by atoms with Crippen LogP contribution < -0.4 is 0 Å². The molecule has 0 saturated carbocycles. The Hall–Kier alpha value is -1.08. The maximum Gasteiger partial charge on any atom is 0.254 e. The Bertz CT molecular complexity index is 284. The zero-order valence-electron chi connectivity index (χ0n) is 10.3. The van der Waals surface area contributed by atoms with Gasteiger partial charge in [0.25, 0.3) is 5.91 Å². The molecule has 0 spiro atoms. The van der Waals surface area contributed by atoms with Crippen molar-refractivity contribution in [3.63, 3.8) is 0 Å². The molecular weight excluding hydrogens is 204 g/mol. The minimum absolute atomic E-state index is 0.0499. The smallest absolute Gasteiger partial charge is 0.254 e. The van der Waals surface area contributed by atoms with Gasteiger partial charge in [0.2, 0.25) is 0 Å². The van der Waals surface area contributed by atoms with Crippen LogP contribution in [0.4, 0.5) is 0 Å². The summed E-state index contributed by atoms with van der Waals surface area (Å²) in [5.41, 5.74) is -0.709. The molecule has 90 valence electrons. The van der Waals surface area contributed by atoms with E-state index in [0.717, 1.165) is 12.8 Å². The molecule has 1 atom stereocenters. The molecule has 1 saturated heterocycles. The van der Waals surface area contributed by atoms with Crippen molar-refractivity contribution >= 4 is 5.91 Å². The molecule has 1 rings (SSSR count). The first-order valence-electron chi connectivity index (χ1n) is 5.81. The van der Waals surface area contributed by atoms with E-state index in [1.807, 2.05) is 18.7 Å². The second-order valence-electron chi connectivity index (χ2n) is 4.48.